The molecular formula is C17H20ClN5O2S. The van der Waals surface area contributed by atoms with Crippen molar-refractivity contribution >= 4 is 29.7 Å². The zero-order chi connectivity index (χ0) is 17.1. The Labute approximate surface area is 161 Å². The Balaban J connectivity index is 0.00000196. The number of nitrogens with one attached hydrogen (secondary N) is 2. The van der Waals surface area contributed by atoms with Crippen LogP contribution >= 0.6 is 23.7 Å². The van der Waals surface area contributed by atoms with Gasteiger partial charge in [0.05, 0.1) is 23.2 Å². The normalized spacial score (nSPS) is 16.8. The van der Waals surface area contributed by atoms with Crippen LogP contribution in [0.3, 0.4) is 0 Å². The Morgan fingerprint density at radius 2 is 2.38 bits per heavy atom. The zero-order valence-corrected chi connectivity index (χ0v) is 15.7. The molecule has 1 amide bonds. The molecule has 1 fully saturated rings. The number of carbonyl (C=O) groups is 1. The maximum atomic E-state index is 12.3. The largest absolute Gasteiger partial charge is 0.443 e. The van der Waals surface area contributed by atoms with Gasteiger partial charge in [-0.15, -0.1) is 23.7 Å². The summed E-state index contributed by atoms with van der Waals surface area (Å²) in [6.45, 7) is 2.26. The minimum Gasteiger partial charge on any atom is -0.443 e. The average Bonchev–Trinajstić information content (AvgIpc) is 3.41. The van der Waals surface area contributed by atoms with E-state index in [1.807, 2.05) is 28.4 Å². The van der Waals surface area contributed by atoms with E-state index >= 15 is 0 Å². The van der Waals surface area contributed by atoms with Crippen LogP contribution in [-0.4, -0.2) is 33.8 Å². The van der Waals surface area contributed by atoms with Crippen molar-refractivity contribution in [1.82, 2.24) is 25.4 Å². The predicted molar refractivity (Wildman–Crippen MR) is 102 cm³/mol. The third-order valence-corrected chi connectivity index (χ3v) is 5.06. The van der Waals surface area contributed by atoms with Crippen molar-refractivity contribution in [2.75, 3.05) is 13.1 Å². The summed E-state index contributed by atoms with van der Waals surface area (Å²) in [7, 11) is 0. The maximum Gasteiger partial charge on any atom is 0.272 e. The van der Waals surface area contributed by atoms with Crippen molar-refractivity contribution in [2.24, 2.45) is 0 Å². The molecule has 0 radical (unpaired) electrons. The first-order valence-electron chi connectivity index (χ1n) is 8.32. The van der Waals surface area contributed by atoms with E-state index in [4.69, 9.17) is 4.42 Å². The highest BCUT2D eigenvalue weighted by Gasteiger charge is 2.18. The summed E-state index contributed by atoms with van der Waals surface area (Å²) in [4.78, 5) is 17.7. The molecule has 0 spiro atoms. The van der Waals surface area contributed by atoms with Crippen LogP contribution in [0.1, 0.15) is 35.1 Å². The number of hydrogen-bond acceptors (Lipinski definition) is 6. The second kappa shape index (κ2) is 8.48. The summed E-state index contributed by atoms with van der Waals surface area (Å²) in [5.74, 6) is 0.372. The van der Waals surface area contributed by atoms with Gasteiger partial charge in [-0.1, -0.05) is 6.07 Å². The van der Waals surface area contributed by atoms with E-state index in [-0.39, 0.29) is 18.3 Å². The molecule has 26 heavy (non-hydrogen) atoms. The number of nitrogens with zero attached hydrogens (tertiary/aromatic N) is 3. The van der Waals surface area contributed by atoms with Gasteiger partial charge in [-0.05, 0) is 36.9 Å². The van der Waals surface area contributed by atoms with Crippen molar-refractivity contribution in [1.29, 1.82) is 0 Å². The molecule has 0 aliphatic carbocycles. The van der Waals surface area contributed by atoms with Gasteiger partial charge in [0.2, 0.25) is 5.89 Å². The number of thiophene rings is 1. The molecule has 9 heteroatoms. The number of rotatable bonds is 5. The molecule has 3 aromatic heterocycles. The van der Waals surface area contributed by atoms with E-state index in [0.29, 0.717) is 29.9 Å². The smallest absolute Gasteiger partial charge is 0.272 e. The predicted octanol–water partition coefficient (Wildman–Crippen LogP) is 2.88. The number of aromatic nitrogens is 3. The van der Waals surface area contributed by atoms with Crippen LogP contribution < -0.4 is 10.6 Å². The molecule has 1 atom stereocenters. The molecule has 2 N–H and O–H groups in total. The minimum absolute atomic E-state index is 0. The molecule has 1 saturated heterocycles. The molecule has 0 bridgehead atoms. The Kier molecular flexibility index (Phi) is 6.08. The van der Waals surface area contributed by atoms with Crippen LogP contribution in [0.15, 0.2) is 40.5 Å². The zero-order valence-electron chi connectivity index (χ0n) is 14.1. The molecule has 4 rings (SSSR count). The third kappa shape index (κ3) is 4.14. The van der Waals surface area contributed by atoms with Gasteiger partial charge in [0.15, 0.2) is 0 Å². The van der Waals surface area contributed by atoms with E-state index in [0.717, 1.165) is 30.8 Å². The fourth-order valence-corrected chi connectivity index (χ4v) is 3.54. The Hall–Kier alpha value is -2.16. The van der Waals surface area contributed by atoms with Gasteiger partial charge in [-0.2, -0.15) is 5.10 Å². The second-order valence-corrected chi connectivity index (χ2v) is 6.93. The molecule has 138 valence electrons. The highest BCUT2D eigenvalue weighted by atomic mass is 35.5. The molecule has 4 heterocycles. The Morgan fingerprint density at radius 3 is 3.15 bits per heavy atom. The first kappa shape index (κ1) is 18.6. The van der Waals surface area contributed by atoms with E-state index in [2.05, 4.69) is 20.7 Å². The number of oxazole rings is 1. The molecule has 0 aromatic carbocycles. The number of amides is 1. The van der Waals surface area contributed by atoms with Crippen molar-refractivity contribution in [3.8, 4) is 10.8 Å². The first-order valence-corrected chi connectivity index (χ1v) is 9.20. The van der Waals surface area contributed by atoms with Crippen molar-refractivity contribution in [3.63, 3.8) is 0 Å². The lowest BCUT2D eigenvalue weighted by Gasteiger charge is -2.22. The highest BCUT2D eigenvalue weighted by molar-refractivity contribution is 7.13. The summed E-state index contributed by atoms with van der Waals surface area (Å²) >= 11 is 1.57. The van der Waals surface area contributed by atoms with E-state index in [1.165, 1.54) is 0 Å². The SMILES string of the molecule is Cl.O=C(NCc1coc(-c2cccs2)n1)c1ccn(C2CCCNC2)n1. The van der Waals surface area contributed by atoms with Crippen LogP contribution in [0.5, 0.6) is 0 Å². The van der Waals surface area contributed by atoms with Crippen LogP contribution in [0.2, 0.25) is 0 Å². The van der Waals surface area contributed by atoms with Crippen LogP contribution in [-0.2, 0) is 6.54 Å². The summed E-state index contributed by atoms with van der Waals surface area (Å²) in [6, 6.07) is 5.97. The van der Waals surface area contributed by atoms with Gasteiger partial charge in [-0.25, -0.2) is 4.98 Å². The van der Waals surface area contributed by atoms with Crippen molar-refractivity contribution in [3.05, 3.63) is 47.4 Å². The molecule has 1 aliphatic heterocycles. The number of halogens is 1. The topological polar surface area (TPSA) is 85.0 Å². The van der Waals surface area contributed by atoms with Gasteiger partial charge in [0.1, 0.15) is 12.0 Å². The van der Waals surface area contributed by atoms with E-state index < -0.39 is 0 Å². The minimum atomic E-state index is -0.205. The Morgan fingerprint density at radius 1 is 1.46 bits per heavy atom. The molecule has 1 aliphatic rings. The molecule has 0 saturated carbocycles. The van der Waals surface area contributed by atoms with Crippen LogP contribution in [0.4, 0.5) is 0 Å². The van der Waals surface area contributed by atoms with Gasteiger partial charge in [0.25, 0.3) is 5.91 Å². The summed E-state index contributed by atoms with van der Waals surface area (Å²) in [6.07, 6.45) is 5.66. The first-order chi connectivity index (χ1) is 12.3. The molecule has 3 aromatic rings. The molecule has 1 unspecified atom stereocenters. The standard InChI is InChI=1S/C17H19N5O2S.ClH/c23-16(14-5-7-22(21-14)13-3-1-6-18-10-13)19-9-12-11-24-17(20-12)15-4-2-8-25-15;/h2,4-5,7-8,11,13,18H,1,3,6,9-10H2,(H,19,23);1H. The lowest BCUT2D eigenvalue weighted by molar-refractivity contribution is 0.0944. The average molecular weight is 394 g/mol. The Bertz CT molecular complexity index is 839. The summed E-state index contributed by atoms with van der Waals surface area (Å²) in [5.41, 5.74) is 1.11. The summed E-state index contributed by atoms with van der Waals surface area (Å²) in [5, 5.41) is 12.6. The molecular weight excluding hydrogens is 374 g/mol. The second-order valence-electron chi connectivity index (χ2n) is 5.99. The highest BCUT2D eigenvalue weighted by Crippen LogP contribution is 2.23. The van der Waals surface area contributed by atoms with E-state index in [1.54, 1.807) is 23.7 Å². The number of carbonyl (C=O) groups excluding carboxylic acids is 1. The molecule has 7 nitrogen and oxygen atoms in total. The summed E-state index contributed by atoms with van der Waals surface area (Å²) < 4.78 is 7.33. The van der Waals surface area contributed by atoms with Gasteiger partial charge < -0.3 is 15.1 Å². The number of hydrogen-bond donors (Lipinski definition) is 2. The lowest BCUT2D eigenvalue weighted by atomic mass is 10.1. The lowest BCUT2D eigenvalue weighted by Crippen LogP contribution is -2.32. The van der Waals surface area contributed by atoms with Crippen LogP contribution in [0.25, 0.3) is 10.8 Å². The van der Waals surface area contributed by atoms with Crippen molar-refractivity contribution in [2.45, 2.75) is 25.4 Å². The van der Waals surface area contributed by atoms with Gasteiger partial charge in [0, 0.05) is 12.7 Å². The van der Waals surface area contributed by atoms with Crippen molar-refractivity contribution < 1.29 is 9.21 Å². The van der Waals surface area contributed by atoms with Gasteiger partial charge >= 0.3 is 0 Å². The fraction of sp³-hybridized carbons (Fsp3) is 0.353. The monoisotopic (exact) mass is 393 g/mol. The van der Waals surface area contributed by atoms with Crippen LogP contribution in [0, 0.1) is 0 Å². The van der Waals surface area contributed by atoms with Gasteiger partial charge in [-0.3, -0.25) is 9.48 Å². The quantitative estimate of drug-likeness (QED) is 0.696. The van der Waals surface area contributed by atoms with E-state index in [9.17, 15) is 4.79 Å². The number of piperidine rings is 1. The fourth-order valence-electron chi connectivity index (χ4n) is 2.88. The third-order valence-electron chi connectivity index (χ3n) is 4.20. The maximum absolute atomic E-state index is 12.3.